The first-order valence-corrected chi connectivity index (χ1v) is 5.50. The first kappa shape index (κ1) is 12.0. The van der Waals surface area contributed by atoms with Crippen molar-refractivity contribution in [1.82, 2.24) is 0 Å². The van der Waals surface area contributed by atoms with Gasteiger partial charge in [0, 0.05) is 18.4 Å². The molecule has 1 N–H and O–H groups in total. The summed E-state index contributed by atoms with van der Waals surface area (Å²) in [5.41, 5.74) is -1.61. The van der Waals surface area contributed by atoms with E-state index in [9.17, 15) is 13.9 Å². The van der Waals surface area contributed by atoms with E-state index < -0.39 is 17.5 Å². The lowest BCUT2D eigenvalue weighted by molar-refractivity contribution is -0.197. The van der Waals surface area contributed by atoms with Crippen LogP contribution in [0.4, 0.5) is 8.78 Å². The van der Waals surface area contributed by atoms with Crippen molar-refractivity contribution in [2.24, 2.45) is 0 Å². The highest BCUT2D eigenvalue weighted by atomic mass is 19.3. The monoisotopic (exact) mass is 234 g/mol. The molecular formula is C11H16F2O3. The Morgan fingerprint density at radius 1 is 1.06 bits per heavy atom. The highest BCUT2D eigenvalue weighted by Gasteiger charge is 2.47. The maximum absolute atomic E-state index is 12.5. The van der Waals surface area contributed by atoms with E-state index in [0.717, 1.165) is 0 Å². The van der Waals surface area contributed by atoms with Crippen LogP contribution in [0.3, 0.4) is 0 Å². The lowest BCUT2D eigenvalue weighted by Gasteiger charge is -2.40. The van der Waals surface area contributed by atoms with Gasteiger partial charge in [0.2, 0.25) is 0 Å². The molecule has 92 valence electrons. The molecule has 0 aromatic rings. The second-order valence-corrected chi connectivity index (χ2v) is 4.52. The van der Waals surface area contributed by atoms with Crippen LogP contribution in [-0.2, 0) is 9.47 Å². The van der Waals surface area contributed by atoms with Gasteiger partial charge >= 0.3 is 0 Å². The zero-order valence-electron chi connectivity index (χ0n) is 9.26. The van der Waals surface area contributed by atoms with Crippen molar-refractivity contribution in [2.45, 2.75) is 44.0 Å². The quantitative estimate of drug-likeness (QED) is 0.756. The SMILES string of the molecule is CC(=C(F)F)C1(O)CCC2(CC1)OCCO2. The van der Waals surface area contributed by atoms with Gasteiger partial charge in [-0.25, -0.2) is 0 Å². The van der Waals surface area contributed by atoms with Crippen molar-refractivity contribution < 1.29 is 23.4 Å². The molecule has 1 aliphatic carbocycles. The van der Waals surface area contributed by atoms with Gasteiger partial charge in [-0.15, -0.1) is 0 Å². The van der Waals surface area contributed by atoms with Crippen molar-refractivity contribution in [2.75, 3.05) is 13.2 Å². The predicted octanol–water partition coefficient (Wildman–Crippen LogP) is 2.21. The third-order valence-corrected chi connectivity index (χ3v) is 3.63. The average Bonchev–Trinajstić information content (AvgIpc) is 2.71. The summed E-state index contributed by atoms with van der Waals surface area (Å²) in [6.07, 6.45) is -0.332. The molecule has 0 amide bonds. The largest absolute Gasteiger partial charge is 0.385 e. The number of ether oxygens (including phenoxy) is 2. The maximum Gasteiger partial charge on any atom is 0.272 e. The lowest BCUT2D eigenvalue weighted by Crippen LogP contribution is -2.44. The highest BCUT2D eigenvalue weighted by molar-refractivity contribution is 5.16. The van der Waals surface area contributed by atoms with Crippen LogP contribution in [0.25, 0.3) is 0 Å². The molecule has 0 aromatic carbocycles. The van der Waals surface area contributed by atoms with E-state index in [2.05, 4.69) is 0 Å². The summed E-state index contributed by atoms with van der Waals surface area (Å²) in [6, 6.07) is 0. The second kappa shape index (κ2) is 4.05. The third-order valence-electron chi connectivity index (χ3n) is 3.63. The van der Waals surface area contributed by atoms with E-state index >= 15 is 0 Å². The Morgan fingerprint density at radius 2 is 1.56 bits per heavy atom. The Bertz CT molecular complexity index is 294. The summed E-state index contributed by atoms with van der Waals surface area (Å²) in [5, 5.41) is 10.1. The molecule has 1 heterocycles. The molecule has 0 unspecified atom stereocenters. The van der Waals surface area contributed by atoms with Gasteiger partial charge in [-0.2, -0.15) is 8.78 Å². The summed E-state index contributed by atoms with van der Waals surface area (Å²) >= 11 is 0. The molecule has 1 aliphatic heterocycles. The fourth-order valence-electron chi connectivity index (χ4n) is 2.38. The van der Waals surface area contributed by atoms with E-state index in [1.807, 2.05) is 0 Å². The molecule has 2 fully saturated rings. The van der Waals surface area contributed by atoms with E-state index in [4.69, 9.17) is 9.47 Å². The number of aliphatic hydroxyl groups is 1. The normalized spacial score (nSPS) is 27.0. The lowest BCUT2D eigenvalue weighted by atomic mass is 9.77. The first-order valence-electron chi connectivity index (χ1n) is 5.50. The number of hydrogen-bond acceptors (Lipinski definition) is 3. The Hall–Kier alpha value is -0.520. The molecule has 5 heteroatoms. The minimum absolute atomic E-state index is 0.222. The molecule has 0 radical (unpaired) electrons. The molecule has 3 nitrogen and oxygen atoms in total. The van der Waals surface area contributed by atoms with Crippen LogP contribution < -0.4 is 0 Å². The number of hydrogen-bond donors (Lipinski definition) is 1. The van der Waals surface area contributed by atoms with E-state index in [0.29, 0.717) is 26.1 Å². The molecule has 2 aliphatic rings. The molecule has 0 bridgehead atoms. The average molecular weight is 234 g/mol. The Kier molecular flexibility index (Phi) is 3.03. The second-order valence-electron chi connectivity index (χ2n) is 4.52. The minimum Gasteiger partial charge on any atom is -0.385 e. The summed E-state index contributed by atoms with van der Waals surface area (Å²) < 4.78 is 35.9. The van der Waals surface area contributed by atoms with Crippen LogP contribution in [0, 0.1) is 0 Å². The highest BCUT2D eigenvalue weighted by Crippen LogP contribution is 2.43. The van der Waals surface area contributed by atoms with E-state index in [1.54, 1.807) is 0 Å². The molecule has 0 atom stereocenters. The fraction of sp³-hybridized carbons (Fsp3) is 0.818. The topological polar surface area (TPSA) is 38.7 Å². The van der Waals surface area contributed by atoms with Crippen LogP contribution in [0.2, 0.25) is 0 Å². The smallest absolute Gasteiger partial charge is 0.272 e. The van der Waals surface area contributed by atoms with Gasteiger partial charge in [-0.05, 0) is 19.8 Å². The molecule has 0 aromatic heterocycles. The molecule has 2 rings (SSSR count). The third kappa shape index (κ3) is 1.99. The van der Waals surface area contributed by atoms with Crippen LogP contribution in [0.1, 0.15) is 32.6 Å². The molecular weight excluding hydrogens is 218 g/mol. The van der Waals surface area contributed by atoms with Crippen molar-refractivity contribution in [3.63, 3.8) is 0 Å². The van der Waals surface area contributed by atoms with Gasteiger partial charge in [0.15, 0.2) is 5.79 Å². The summed E-state index contributed by atoms with van der Waals surface area (Å²) in [4.78, 5) is 0. The van der Waals surface area contributed by atoms with Gasteiger partial charge in [0.1, 0.15) is 0 Å². The van der Waals surface area contributed by atoms with Gasteiger partial charge < -0.3 is 14.6 Å². The summed E-state index contributed by atoms with van der Waals surface area (Å²) in [5.74, 6) is -0.626. The Morgan fingerprint density at radius 3 is 2.00 bits per heavy atom. The molecule has 1 spiro atoms. The van der Waals surface area contributed by atoms with Crippen LogP contribution in [0.5, 0.6) is 0 Å². The van der Waals surface area contributed by atoms with E-state index in [1.165, 1.54) is 6.92 Å². The van der Waals surface area contributed by atoms with Gasteiger partial charge in [-0.1, -0.05) is 0 Å². The van der Waals surface area contributed by atoms with Gasteiger partial charge in [-0.3, -0.25) is 0 Å². The zero-order chi connectivity index (χ0) is 11.8. The van der Waals surface area contributed by atoms with Crippen LogP contribution in [0.15, 0.2) is 11.7 Å². The maximum atomic E-state index is 12.5. The fourth-order valence-corrected chi connectivity index (χ4v) is 2.38. The zero-order valence-corrected chi connectivity index (χ0v) is 9.26. The summed E-state index contributed by atoms with van der Waals surface area (Å²) in [6.45, 7) is 2.37. The predicted molar refractivity (Wildman–Crippen MR) is 53.0 cm³/mol. The van der Waals surface area contributed by atoms with Crippen LogP contribution >= 0.6 is 0 Å². The number of halogens is 2. The Labute approximate surface area is 93.0 Å². The van der Waals surface area contributed by atoms with Gasteiger partial charge in [0.25, 0.3) is 6.08 Å². The first-order chi connectivity index (χ1) is 7.48. The van der Waals surface area contributed by atoms with Crippen molar-refractivity contribution in [3.05, 3.63) is 11.7 Å². The van der Waals surface area contributed by atoms with Crippen LogP contribution in [-0.4, -0.2) is 29.7 Å². The van der Waals surface area contributed by atoms with Gasteiger partial charge in [0.05, 0.1) is 18.8 Å². The van der Waals surface area contributed by atoms with E-state index in [-0.39, 0.29) is 18.4 Å². The minimum atomic E-state index is -1.79. The number of rotatable bonds is 1. The van der Waals surface area contributed by atoms with Crippen molar-refractivity contribution >= 4 is 0 Å². The Balaban J connectivity index is 2.06. The molecule has 1 saturated heterocycles. The standard InChI is InChI=1S/C11H16F2O3/c1-8(9(12)13)10(14)2-4-11(5-3-10)15-6-7-16-11/h14H,2-7H2,1H3. The molecule has 16 heavy (non-hydrogen) atoms. The molecule has 1 saturated carbocycles. The van der Waals surface area contributed by atoms with Crippen molar-refractivity contribution in [3.8, 4) is 0 Å². The van der Waals surface area contributed by atoms with Crippen molar-refractivity contribution in [1.29, 1.82) is 0 Å². The summed E-state index contributed by atoms with van der Waals surface area (Å²) in [7, 11) is 0.